The summed E-state index contributed by atoms with van der Waals surface area (Å²) < 4.78 is 0. The summed E-state index contributed by atoms with van der Waals surface area (Å²) in [6, 6.07) is 11.0. The zero-order valence-electron chi connectivity index (χ0n) is 13.3. The van der Waals surface area contributed by atoms with Crippen molar-refractivity contribution < 1.29 is 14.4 Å². The third kappa shape index (κ3) is 3.17. The largest absolute Gasteiger partial charge is 0.352 e. The highest BCUT2D eigenvalue weighted by Crippen LogP contribution is 2.20. The van der Waals surface area contributed by atoms with E-state index in [0.717, 1.165) is 16.0 Å². The second-order valence-corrected chi connectivity index (χ2v) is 5.67. The fraction of sp³-hybridized carbons (Fsp3) is 0.222. The van der Waals surface area contributed by atoms with Crippen LogP contribution in [0.4, 0.5) is 0 Å². The Morgan fingerprint density at radius 3 is 2.58 bits per heavy atom. The van der Waals surface area contributed by atoms with Crippen molar-refractivity contribution in [2.45, 2.75) is 19.9 Å². The van der Waals surface area contributed by atoms with Crippen molar-refractivity contribution in [2.24, 2.45) is 0 Å². The van der Waals surface area contributed by atoms with Gasteiger partial charge in [0.25, 0.3) is 11.8 Å². The van der Waals surface area contributed by atoms with Gasteiger partial charge in [-0.25, -0.2) is 0 Å². The molecule has 0 atom stereocenters. The SMILES string of the molecule is Cc1ccc(CNC(=O)CCN2C(=O)c3cccnc3C2=O)cc1. The van der Waals surface area contributed by atoms with E-state index < -0.39 is 11.8 Å². The number of nitrogens with one attached hydrogen (secondary N) is 1. The van der Waals surface area contributed by atoms with Crippen molar-refractivity contribution in [3.63, 3.8) is 0 Å². The molecule has 1 aliphatic heterocycles. The monoisotopic (exact) mass is 323 g/mol. The molecule has 0 spiro atoms. The number of pyridine rings is 1. The smallest absolute Gasteiger partial charge is 0.280 e. The molecule has 2 aromatic rings. The lowest BCUT2D eigenvalue weighted by atomic mass is 10.1. The van der Waals surface area contributed by atoms with Crippen LogP contribution in [-0.2, 0) is 11.3 Å². The maximum atomic E-state index is 12.2. The van der Waals surface area contributed by atoms with Crippen LogP contribution in [0.5, 0.6) is 0 Å². The molecule has 122 valence electrons. The summed E-state index contributed by atoms with van der Waals surface area (Å²) in [6.07, 6.45) is 1.54. The van der Waals surface area contributed by atoms with Crippen molar-refractivity contribution in [3.05, 3.63) is 65.0 Å². The van der Waals surface area contributed by atoms with Crippen LogP contribution in [0.25, 0.3) is 0 Å². The van der Waals surface area contributed by atoms with Crippen molar-refractivity contribution in [3.8, 4) is 0 Å². The van der Waals surface area contributed by atoms with E-state index in [1.165, 1.54) is 6.20 Å². The van der Waals surface area contributed by atoms with Gasteiger partial charge in [0, 0.05) is 25.7 Å². The molecule has 6 nitrogen and oxygen atoms in total. The quantitative estimate of drug-likeness (QED) is 0.849. The van der Waals surface area contributed by atoms with E-state index in [2.05, 4.69) is 10.3 Å². The second-order valence-electron chi connectivity index (χ2n) is 5.67. The number of nitrogens with zero attached hydrogens (tertiary/aromatic N) is 2. The van der Waals surface area contributed by atoms with Crippen LogP contribution >= 0.6 is 0 Å². The van der Waals surface area contributed by atoms with E-state index in [0.29, 0.717) is 12.1 Å². The van der Waals surface area contributed by atoms with E-state index in [4.69, 9.17) is 0 Å². The van der Waals surface area contributed by atoms with Gasteiger partial charge in [0.1, 0.15) is 5.69 Å². The van der Waals surface area contributed by atoms with Crippen LogP contribution in [0.15, 0.2) is 42.6 Å². The number of hydrogen-bond donors (Lipinski definition) is 1. The van der Waals surface area contributed by atoms with Gasteiger partial charge in [-0.1, -0.05) is 29.8 Å². The average molecular weight is 323 g/mol. The molecule has 3 rings (SSSR count). The van der Waals surface area contributed by atoms with E-state index in [-0.39, 0.29) is 24.6 Å². The van der Waals surface area contributed by atoms with Crippen molar-refractivity contribution in [2.75, 3.05) is 6.54 Å². The Hall–Kier alpha value is -3.02. The maximum Gasteiger partial charge on any atom is 0.280 e. The second kappa shape index (κ2) is 6.62. The van der Waals surface area contributed by atoms with E-state index >= 15 is 0 Å². The predicted molar refractivity (Wildman–Crippen MR) is 87.2 cm³/mol. The molecule has 3 amide bonds. The van der Waals surface area contributed by atoms with Crippen LogP contribution in [0.1, 0.15) is 38.4 Å². The molecule has 0 saturated heterocycles. The molecule has 1 aromatic carbocycles. The number of carbonyl (C=O) groups excluding carboxylic acids is 3. The normalized spacial score (nSPS) is 13.1. The lowest BCUT2D eigenvalue weighted by molar-refractivity contribution is -0.121. The predicted octanol–water partition coefficient (Wildman–Crippen LogP) is 1.69. The summed E-state index contributed by atoms with van der Waals surface area (Å²) in [4.78, 5) is 41.3. The van der Waals surface area contributed by atoms with Gasteiger partial charge in [0.2, 0.25) is 5.91 Å². The van der Waals surface area contributed by atoms with Gasteiger partial charge < -0.3 is 5.32 Å². The van der Waals surface area contributed by atoms with Crippen LogP contribution in [-0.4, -0.2) is 34.2 Å². The zero-order chi connectivity index (χ0) is 17.1. The molecule has 0 fully saturated rings. The third-order valence-corrected chi connectivity index (χ3v) is 3.90. The van der Waals surface area contributed by atoms with Crippen LogP contribution in [0.2, 0.25) is 0 Å². The molecule has 1 aliphatic rings. The molecule has 0 saturated carbocycles. The number of aromatic nitrogens is 1. The highest BCUT2D eigenvalue weighted by Gasteiger charge is 2.36. The lowest BCUT2D eigenvalue weighted by Crippen LogP contribution is -2.34. The molecule has 0 aliphatic carbocycles. The summed E-state index contributed by atoms with van der Waals surface area (Å²) in [6.45, 7) is 2.47. The van der Waals surface area contributed by atoms with Crippen molar-refractivity contribution in [1.82, 2.24) is 15.2 Å². The fourth-order valence-corrected chi connectivity index (χ4v) is 2.53. The third-order valence-electron chi connectivity index (χ3n) is 3.90. The minimum absolute atomic E-state index is 0.0494. The molecule has 0 unspecified atom stereocenters. The number of hydrogen-bond acceptors (Lipinski definition) is 4. The highest BCUT2D eigenvalue weighted by atomic mass is 16.2. The number of fused-ring (bicyclic) bond motifs is 1. The highest BCUT2D eigenvalue weighted by molar-refractivity contribution is 6.20. The van der Waals surface area contributed by atoms with Gasteiger partial charge in [0.15, 0.2) is 0 Å². The summed E-state index contributed by atoms with van der Waals surface area (Å²) >= 11 is 0. The Kier molecular flexibility index (Phi) is 4.37. The topological polar surface area (TPSA) is 79.4 Å². The van der Waals surface area contributed by atoms with Gasteiger partial charge in [-0.05, 0) is 24.6 Å². The summed E-state index contributed by atoms with van der Waals surface area (Å²) in [5, 5.41) is 2.79. The standard InChI is InChI=1S/C18H17N3O3/c1-12-4-6-13(7-5-12)11-20-15(22)8-10-21-17(23)14-3-2-9-19-16(14)18(21)24/h2-7,9H,8,10-11H2,1H3,(H,20,22). The molecule has 6 heteroatoms. The molecule has 0 bridgehead atoms. The first kappa shape index (κ1) is 15.9. The van der Waals surface area contributed by atoms with Crippen molar-refractivity contribution >= 4 is 17.7 Å². The molecule has 1 aromatic heterocycles. The maximum absolute atomic E-state index is 12.2. The molecule has 1 N–H and O–H groups in total. The average Bonchev–Trinajstić information content (AvgIpc) is 2.84. The lowest BCUT2D eigenvalue weighted by Gasteiger charge is -2.13. The van der Waals surface area contributed by atoms with Gasteiger partial charge in [-0.2, -0.15) is 0 Å². The first-order valence-corrected chi connectivity index (χ1v) is 7.69. The fourth-order valence-electron chi connectivity index (χ4n) is 2.53. The minimum Gasteiger partial charge on any atom is -0.352 e. The molecule has 2 heterocycles. The van der Waals surface area contributed by atoms with Crippen LogP contribution in [0, 0.1) is 6.92 Å². The molecular weight excluding hydrogens is 306 g/mol. The van der Waals surface area contributed by atoms with Gasteiger partial charge in [-0.3, -0.25) is 24.3 Å². The first-order chi connectivity index (χ1) is 11.6. The number of rotatable bonds is 5. The Balaban J connectivity index is 1.53. The first-order valence-electron chi connectivity index (χ1n) is 7.69. The van der Waals surface area contributed by atoms with E-state index in [1.54, 1.807) is 12.1 Å². The Bertz CT molecular complexity index is 764. The molecular formula is C18H17N3O3. The Labute approximate surface area is 139 Å². The summed E-state index contributed by atoms with van der Waals surface area (Å²) in [5.41, 5.74) is 2.60. The summed E-state index contributed by atoms with van der Waals surface area (Å²) in [7, 11) is 0. The minimum atomic E-state index is -0.443. The number of carbonyl (C=O) groups is 3. The number of benzene rings is 1. The Morgan fingerprint density at radius 2 is 1.88 bits per heavy atom. The number of imide groups is 1. The van der Waals surface area contributed by atoms with Gasteiger partial charge in [-0.15, -0.1) is 0 Å². The summed E-state index contributed by atoms with van der Waals surface area (Å²) in [5.74, 6) is -1.04. The van der Waals surface area contributed by atoms with E-state index in [1.807, 2.05) is 31.2 Å². The van der Waals surface area contributed by atoms with Crippen LogP contribution < -0.4 is 5.32 Å². The van der Waals surface area contributed by atoms with Gasteiger partial charge >= 0.3 is 0 Å². The zero-order valence-corrected chi connectivity index (χ0v) is 13.3. The molecule has 24 heavy (non-hydrogen) atoms. The Morgan fingerprint density at radius 1 is 1.12 bits per heavy atom. The van der Waals surface area contributed by atoms with Crippen LogP contribution in [0.3, 0.4) is 0 Å². The van der Waals surface area contributed by atoms with E-state index in [9.17, 15) is 14.4 Å². The number of amides is 3. The number of aryl methyl sites for hydroxylation is 1. The van der Waals surface area contributed by atoms with Crippen molar-refractivity contribution in [1.29, 1.82) is 0 Å². The van der Waals surface area contributed by atoms with Gasteiger partial charge in [0.05, 0.1) is 5.56 Å². The molecule has 0 radical (unpaired) electrons.